The van der Waals surface area contributed by atoms with Crippen molar-refractivity contribution < 1.29 is 49.0 Å². The molecule has 0 aliphatic heterocycles. The van der Waals surface area contributed by atoms with Crippen molar-refractivity contribution in [2.24, 2.45) is 0 Å². The third-order valence-electron chi connectivity index (χ3n) is 5.25. The maximum Gasteiger partial charge on any atom is -0.172 e. The first-order chi connectivity index (χ1) is 14.5. The normalized spacial score (nSPS) is 9.19. The SMILES string of the molecule is Cc1c[c-](C)c(C)c1C.[Cl-].[Cl-].[Zr+2]=[C](Cc1ccccc1)Cc1ccccc1.c1cc[cH-]c1. The number of halogens is 2. The van der Waals surface area contributed by atoms with E-state index in [-0.39, 0.29) is 24.8 Å². The van der Waals surface area contributed by atoms with Gasteiger partial charge in [-0.15, -0.1) is 0 Å². The minimum absolute atomic E-state index is 0. The first-order valence-electron chi connectivity index (χ1n) is 10.5. The molecule has 4 aromatic rings. The number of benzene rings is 2. The number of aryl methyl sites for hydroxylation is 2. The molecule has 0 aromatic heterocycles. The standard InChI is InChI=1S/C15H14.C9H13.C5H5.2ClH.Zr/c1-3-8-14(9-4-1)12-7-13-15-10-5-2-6-11-15;1-6-5-7(2)9(4)8(6)3;1-2-4-5-3-1;;;/h1-6,8-11H,12-13H2;5H,1-4H3;1-5H;2*1H;/q;2*-1;;;+2/p-2. The van der Waals surface area contributed by atoms with Gasteiger partial charge in [-0.25, -0.2) is 12.1 Å². The first-order valence-corrected chi connectivity index (χ1v) is 11.7. The predicted octanol–water partition coefficient (Wildman–Crippen LogP) is 1.24. The van der Waals surface area contributed by atoms with Crippen LogP contribution in [0.2, 0.25) is 0 Å². The Bertz CT molecular complexity index is 901. The van der Waals surface area contributed by atoms with Crippen LogP contribution in [0, 0.1) is 27.7 Å². The molecule has 0 radical (unpaired) electrons. The van der Waals surface area contributed by atoms with Crippen molar-refractivity contribution >= 4 is 3.21 Å². The molecule has 0 amide bonds. The number of hydrogen-bond acceptors (Lipinski definition) is 0. The van der Waals surface area contributed by atoms with Gasteiger partial charge < -0.3 is 24.8 Å². The van der Waals surface area contributed by atoms with Crippen LogP contribution in [0.1, 0.15) is 33.4 Å². The maximum atomic E-state index is 2.24. The maximum absolute atomic E-state index is 2.24. The van der Waals surface area contributed by atoms with Gasteiger partial charge in [0.05, 0.1) is 0 Å². The Morgan fingerprint density at radius 1 is 0.750 bits per heavy atom. The molecular formula is C29H32Cl2Zr-2. The van der Waals surface area contributed by atoms with Crippen molar-refractivity contribution in [1.82, 2.24) is 0 Å². The Hall–Kier alpha value is -1.53. The van der Waals surface area contributed by atoms with Crippen molar-refractivity contribution in [2.45, 2.75) is 40.5 Å². The molecule has 0 atom stereocenters. The predicted molar refractivity (Wildman–Crippen MR) is 128 cm³/mol. The Kier molecular flexibility index (Phi) is 16.2. The molecule has 0 bridgehead atoms. The molecule has 0 spiro atoms. The van der Waals surface area contributed by atoms with Gasteiger partial charge >= 0.3 is 112 Å². The third kappa shape index (κ3) is 11.4. The second-order valence-electron chi connectivity index (χ2n) is 7.65. The first kappa shape index (κ1) is 30.5. The minimum atomic E-state index is 0. The van der Waals surface area contributed by atoms with Crippen LogP contribution in [0.25, 0.3) is 0 Å². The Labute approximate surface area is 222 Å². The molecule has 168 valence electrons. The second-order valence-corrected chi connectivity index (χ2v) is 9.39. The van der Waals surface area contributed by atoms with Gasteiger partial charge in [-0.1, -0.05) is 27.7 Å². The van der Waals surface area contributed by atoms with Gasteiger partial charge in [-0.05, 0) is 0 Å². The van der Waals surface area contributed by atoms with E-state index in [1.165, 1.54) is 33.4 Å². The summed E-state index contributed by atoms with van der Waals surface area (Å²) in [4.78, 5) is 0. The Balaban J connectivity index is 0.000000508. The molecule has 4 rings (SSSR count). The largest absolute Gasteiger partial charge is 0.214 e. The van der Waals surface area contributed by atoms with Crippen LogP contribution in [-0.4, -0.2) is 3.21 Å². The fourth-order valence-electron chi connectivity index (χ4n) is 3.20. The summed E-state index contributed by atoms with van der Waals surface area (Å²) < 4.78 is 1.60. The average Bonchev–Trinajstić information content (AvgIpc) is 3.40. The smallest absolute Gasteiger partial charge is 0.172 e. The molecule has 0 fully saturated rings. The van der Waals surface area contributed by atoms with Crippen LogP contribution in [0.4, 0.5) is 0 Å². The zero-order chi connectivity index (χ0) is 21.8. The second kappa shape index (κ2) is 17.0. The van der Waals surface area contributed by atoms with Crippen LogP contribution >= 0.6 is 0 Å². The van der Waals surface area contributed by atoms with Crippen molar-refractivity contribution in [1.29, 1.82) is 0 Å². The van der Waals surface area contributed by atoms with E-state index in [4.69, 9.17) is 0 Å². The summed E-state index contributed by atoms with van der Waals surface area (Å²) in [6.07, 6.45) is 2.24. The zero-order valence-electron chi connectivity index (χ0n) is 19.4. The Morgan fingerprint density at radius 2 is 1.19 bits per heavy atom. The number of rotatable bonds is 4. The molecule has 3 heteroatoms. The summed E-state index contributed by atoms with van der Waals surface area (Å²) in [5.41, 5.74) is 8.59. The molecule has 0 aliphatic rings. The van der Waals surface area contributed by atoms with Gasteiger partial charge in [0.2, 0.25) is 0 Å². The minimum Gasteiger partial charge on any atom is -0.214 e. The van der Waals surface area contributed by atoms with E-state index in [0.717, 1.165) is 12.8 Å². The van der Waals surface area contributed by atoms with Crippen molar-refractivity contribution in [3.05, 3.63) is 130 Å². The summed E-state index contributed by atoms with van der Waals surface area (Å²) in [6, 6.07) is 33.6. The van der Waals surface area contributed by atoms with Crippen LogP contribution < -0.4 is 24.8 Å². The molecule has 0 unspecified atom stereocenters. The van der Waals surface area contributed by atoms with Crippen molar-refractivity contribution in [2.75, 3.05) is 0 Å². The van der Waals surface area contributed by atoms with E-state index in [1.807, 2.05) is 30.3 Å². The van der Waals surface area contributed by atoms with E-state index < -0.39 is 0 Å². The molecule has 0 N–H and O–H groups in total. The van der Waals surface area contributed by atoms with Crippen LogP contribution in [0.15, 0.2) is 97.1 Å². The summed E-state index contributed by atoms with van der Waals surface area (Å²) in [6.45, 7) is 8.68. The van der Waals surface area contributed by atoms with E-state index >= 15 is 0 Å². The number of hydrogen-bond donors (Lipinski definition) is 0. The Morgan fingerprint density at radius 3 is 1.44 bits per heavy atom. The van der Waals surface area contributed by atoms with Gasteiger partial charge in [-0.3, -0.25) is 0 Å². The quantitative estimate of drug-likeness (QED) is 0.341. The van der Waals surface area contributed by atoms with Gasteiger partial charge in [0, 0.05) is 0 Å². The van der Waals surface area contributed by atoms with Gasteiger partial charge in [-0.2, -0.15) is 46.5 Å². The van der Waals surface area contributed by atoms with E-state index in [2.05, 4.69) is 94.4 Å². The van der Waals surface area contributed by atoms with E-state index in [1.54, 1.807) is 27.4 Å². The fourth-order valence-corrected chi connectivity index (χ4v) is 4.20. The summed E-state index contributed by atoms with van der Waals surface area (Å²) in [7, 11) is 0. The van der Waals surface area contributed by atoms with Crippen molar-refractivity contribution in [3.8, 4) is 0 Å². The monoisotopic (exact) mass is 540 g/mol. The van der Waals surface area contributed by atoms with Crippen LogP contribution in [0.5, 0.6) is 0 Å². The molecule has 32 heavy (non-hydrogen) atoms. The van der Waals surface area contributed by atoms with E-state index in [9.17, 15) is 0 Å². The molecule has 0 saturated carbocycles. The average molecular weight is 543 g/mol. The summed E-state index contributed by atoms with van der Waals surface area (Å²) in [5.74, 6) is 0. The van der Waals surface area contributed by atoms with Gasteiger partial charge in [0.1, 0.15) is 0 Å². The molecular weight excluding hydrogens is 510 g/mol. The summed E-state index contributed by atoms with van der Waals surface area (Å²) >= 11 is 1.55. The van der Waals surface area contributed by atoms with E-state index in [0.29, 0.717) is 0 Å². The molecule has 0 saturated heterocycles. The molecule has 0 aliphatic carbocycles. The van der Waals surface area contributed by atoms with Crippen molar-refractivity contribution in [3.63, 3.8) is 0 Å². The van der Waals surface area contributed by atoms with Crippen LogP contribution in [-0.2, 0) is 37.1 Å². The van der Waals surface area contributed by atoms with Crippen LogP contribution in [0.3, 0.4) is 0 Å². The molecule has 0 heterocycles. The topological polar surface area (TPSA) is 0 Å². The summed E-state index contributed by atoms with van der Waals surface area (Å²) in [5, 5.41) is 0. The fraction of sp³-hybridized carbons (Fsp3) is 0.207. The zero-order valence-corrected chi connectivity index (χ0v) is 23.4. The molecule has 4 aromatic carbocycles. The van der Waals surface area contributed by atoms with Gasteiger partial charge in [0.15, 0.2) is 0 Å². The third-order valence-corrected chi connectivity index (χ3v) is 6.12. The molecule has 0 nitrogen and oxygen atoms in total. The van der Waals surface area contributed by atoms with Gasteiger partial charge in [0.25, 0.3) is 0 Å².